The molecule has 0 bridgehead atoms. The molecule has 0 saturated carbocycles. The third-order valence-electron chi connectivity index (χ3n) is 3.77. The predicted molar refractivity (Wildman–Crippen MR) is 77.8 cm³/mol. The summed E-state index contributed by atoms with van der Waals surface area (Å²) < 4.78 is 0. The maximum absolute atomic E-state index is 12.3. The van der Waals surface area contributed by atoms with Crippen LogP contribution >= 0.6 is 0 Å². The first-order chi connectivity index (χ1) is 9.26. The van der Waals surface area contributed by atoms with Gasteiger partial charge in [0, 0.05) is 6.54 Å². The van der Waals surface area contributed by atoms with Crippen molar-refractivity contribution in [1.29, 1.82) is 0 Å². The minimum absolute atomic E-state index is 0.00305. The first-order valence-electron chi connectivity index (χ1n) is 7.36. The Morgan fingerprint density at radius 2 is 1.95 bits per heavy atom. The molecule has 1 aromatic rings. The molecular weight excluding hydrogens is 236 g/mol. The summed E-state index contributed by atoms with van der Waals surface area (Å²) in [4.78, 5) is 14.4. The molecule has 19 heavy (non-hydrogen) atoms. The van der Waals surface area contributed by atoms with Gasteiger partial charge < -0.3 is 4.90 Å². The summed E-state index contributed by atoms with van der Waals surface area (Å²) in [6, 6.07) is 10.4. The topological polar surface area (TPSA) is 32.3 Å². The van der Waals surface area contributed by atoms with E-state index >= 15 is 0 Å². The molecule has 0 aliphatic carbocycles. The van der Waals surface area contributed by atoms with Gasteiger partial charge >= 0.3 is 0 Å². The smallest absolute Gasteiger partial charge is 0.241 e. The lowest BCUT2D eigenvalue weighted by Gasteiger charge is -2.22. The van der Waals surface area contributed by atoms with E-state index in [1.54, 1.807) is 0 Å². The second-order valence-electron chi connectivity index (χ2n) is 5.20. The Kier molecular flexibility index (Phi) is 4.97. The molecule has 1 fully saturated rings. The van der Waals surface area contributed by atoms with Gasteiger partial charge in [-0.05, 0) is 31.2 Å². The Labute approximate surface area is 116 Å². The van der Waals surface area contributed by atoms with E-state index in [0.29, 0.717) is 0 Å². The zero-order chi connectivity index (χ0) is 13.7. The molecule has 1 aliphatic heterocycles. The van der Waals surface area contributed by atoms with Crippen LogP contribution in [0.15, 0.2) is 30.3 Å². The normalized spacial score (nSPS) is 23.1. The summed E-state index contributed by atoms with van der Waals surface area (Å²) in [5, 5.41) is 3.47. The minimum Gasteiger partial charge on any atom is -0.326 e. The van der Waals surface area contributed by atoms with Crippen molar-refractivity contribution in [3.05, 3.63) is 35.9 Å². The first kappa shape index (κ1) is 14.1. The van der Waals surface area contributed by atoms with E-state index in [-0.39, 0.29) is 18.1 Å². The maximum Gasteiger partial charge on any atom is 0.241 e. The third-order valence-corrected chi connectivity index (χ3v) is 3.77. The van der Waals surface area contributed by atoms with Gasteiger partial charge in [0.2, 0.25) is 5.91 Å². The van der Waals surface area contributed by atoms with E-state index in [1.807, 2.05) is 11.0 Å². The molecule has 2 rings (SSSR count). The van der Waals surface area contributed by atoms with Crippen LogP contribution in [-0.2, 0) is 11.2 Å². The standard InChI is InChI=1S/C16H24N2O/c1-3-12-18-15(4-2)17-14(16(18)19)11-10-13-8-6-5-7-9-13/h5-9,14-15,17H,3-4,10-12H2,1-2H3. The average Bonchev–Trinajstić information content (AvgIpc) is 2.75. The van der Waals surface area contributed by atoms with Gasteiger partial charge in [-0.3, -0.25) is 10.1 Å². The van der Waals surface area contributed by atoms with Crippen molar-refractivity contribution in [2.75, 3.05) is 6.54 Å². The van der Waals surface area contributed by atoms with E-state index in [1.165, 1.54) is 5.56 Å². The van der Waals surface area contributed by atoms with Crippen LogP contribution in [0.5, 0.6) is 0 Å². The van der Waals surface area contributed by atoms with Gasteiger partial charge in [0.25, 0.3) is 0 Å². The number of carbonyl (C=O) groups excluding carboxylic acids is 1. The van der Waals surface area contributed by atoms with Gasteiger partial charge in [-0.25, -0.2) is 0 Å². The number of nitrogens with one attached hydrogen (secondary N) is 1. The molecule has 3 nitrogen and oxygen atoms in total. The fourth-order valence-electron chi connectivity index (χ4n) is 2.75. The second kappa shape index (κ2) is 6.71. The lowest BCUT2D eigenvalue weighted by molar-refractivity contribution is -0.130. The Morgan fingerprint density at radius 3 is 2.58 bits per heavy atom. The van der Waals surface area contributed by atoms with Crippen molar-refractivity contribution < 1.29 is 4.79 Å². The Hall–Kier alpha value is -1.35. The van der Waals surface area contributed by atoms with Gasteiger partial charge in [0.1, 0.15) is 0 Å². The highest BCUT2D eigenvalue weighted by atomic mass is 16.2. The maximum atomic E-state index is 12.3. The van der Waals surface area contributed by atoms with Crippen molar-refractivity contribution in [2.45, 2.75) is 51.7 Å². The lowest BCUT2D eigenvalue weighted by atomic mass is 10.1. The van der Waals surface area contributed by atoms with Gasteiger partial charge in [0.05, 0.1) is 12.2 Å². The van der Waals surface area contributed by atoms with Crippen LogP contribution in [0.2, 0.25) is 0 Å². The Bertz CT molecular complexity index is 404. The Morgan fingerprint density at radius 1 is 1.21 bits per heavy atom. The number of rotatable bonds is 6. The molecule has 0 radical (unpaired) electrons. The van der Waals surface area contributed by atoms with Crippen LogP contribution in [0.25, 0.3) is 0 Å². The molecule has 1 saturated heterocycles. The number of amides is 1. The van der Waals surface area contributed by atoms with Crippen molar-refractivity contribution >= 4 is 5.91 Å². The minimum atomic E-state index is -0.00305. The molecular formula is C16H24N2O. The molecule has 2 unspecified atom stereocenters. The van der Waals surface area contributed by atoms with Gasteiger partial charge in [-0.2, -0.15) is 0 Å². The lowest BCUT2D eigenvalue weighted by Crippen LogP contribution is -2.37. The zero-order valence-corrected chi connectivity index (χ0v) is 11.9. The van der Waals surface area contributed by atoms with Gasteiger partial charge in [-0.1, -0.05) is 44.2 Å². The third kappa shape index (κ3) is 3.35. The zero-order valence-electron chi connectivity index (χ0n) is 11.9. The van der Waals surface area contributed by atoms with Gasteiger partial charge in [0.15, 0.2) is 0 Å². The highest BCUT2D eigenvalue weighted by Gasteiger charge is 2.36. The molecule has 2 atom stereocenters. The number of aryl methyl sites for hydroxylation is 1. The summed E-state index contributed by atoms with van der Waals surface area (Å²) in [6.45, 7) is 5.12. The van der Waals surface area contributed by atoms with E-state index < -0.39 is 0 Å². The SMILES string of the molecule is CCCN1C(=O)C(CCc2ccccc2)NC1CC. The monoisotopic (exact) mass is 260 g/mol. The molecule has 0 aromatic heterocycles. The number of hydrogen-bond acceptors (Lipinski definition) is 2. The quantitative estimate of drug-likeness (QED) is 0.852. The average molecular weight is 260 g/mol. The molecule has 3 heteroatoms. The second-order valence-corrected chi connectivity index (χ2v) is 5.20. The summed E-state index contributed by atoms with van der Waals surface area (Å²) in [7, 11) is 0. The summed E-state index contributed by atoms with van der Waals surface area (Å²) >= 11 is 0. The number of carbonyl (C=O) groups is 1. The molecule has 1 N–H and O–H groups in total. The summed E-state index contributed by atoms with van der Waals surface area (Å²) in [5.74, 6) is 0.282. The van der Waals surface area contributed by atoms with Crippen LogP contribution in [0.4, 0.5) is 0 Å². The fourth-order valence-corrected chi connectivity index (χ4v) is 2.75. The molecule has 0 spiro atoms. The van der Waals surface area contributed by atoms with E-state index in [2.05, 4.69) is 43.4 Å². The molecule has 1 amide bonds. The van der Waals surface area contributed by atoms with E-state index in [0.717, 1.165) is 32.2 Å². The molecule has 1 aromatic carbocycles. The van der Waals surface area contributed by atoms with Crippen molar-refractivity contribution in [3.63, 3.8) is 0 Å². The van der Waals surface area contributed by atoms with E-state index in [9.17, 15) is 4.79 Å². The number of hydrogen-bond donors (Lipinski definition) is 1. The van der Waals surface area contributed by atoms with Gasteiger partial charge in [-0.15, -0.1) is 0 Å². The number of nitrogens with zero attached hydrogens (tertiary/aromatic N) is 1. The first-order valence-corrected chi connectivity index (χ1v) is 7.36. The Balaban J connectivity index is 1.92. The van der Waals surface area contributed by atoms with Crippen molar-refractivity contribution in [3.8, 4) is 0 Å². The van der Waals surface area contributed by atoms with E-state index in [4.69, 9.17) is 0 Å². The summed E-state index contributed by atoms with van der Waals surface area (Å²) in [5.41, 5.74) is 1.30. The highest BCUT2D eigenvalue weighted by Crippen LogP contribution is 2.17. The van der Waals surface area contributed by atoms with Crippen molar-refractivity contribution in [2.24, 2.45) is 0 Å². The van der Waals surface area contributed by atoms with Crippen LogP contribution in [-0.4, -0.2) is 29.6 Å². The molecule has 1 aliphatic rings. The summed E-state index contributed by atoms with van der Waals surface area (Å²) in [6.07, 6.45) is 4.08. The number of benzene rings is 1. The predicted octanol–water partition coefficient (Wildman–Crippen LogP) is 2.57. The van der Waals surface area contributed by atoms with Crippen LogP contribution in [0.3, 0.4) is 0 Å². The van der Waals surface area contributed by atoms with Crippen molar-refractivity contribution in [1.82, 2.24) is 10.2 Å². The van der Waals surface area contributed by atoms with Crippen LogP contribution < -0.4 is 5.32 Å². The highest BCUT2D eigenvalue weighted by molar-refractivity contribution is 5.84. The molecule has 104 valence electrons. The molecule has 1 heterocycles. The van der Waals surface area contributed by atoms with Crippen LogP contribution in [0, 0.1) is 0 Å². The largest absolute Gasteiger partial charge is 0.326 e. The fraction of sp³-hybridized carbons (Fsp3) is 0.562. The van der Waals surface area contributed by atoms with Crippen LogP contribution in [0.1, 0.15) is 38.7 Å².